The van der Waals surface area contributed by atoms with E-state index in [9.17, 15) is 14.4 Å². The molecule has 1 aliphatic heterocycles. The van der Waals surface area contributed by atoms with Crippen molar-refractivity contribution in [3.63, 3.8) is 0 Å². The van der Waals surface area contributed by atoms with Crippen LogP contribution in [0.5, 0.6) is 0 Å². The second-order valence-corrected chi connectivity index (χ2v) is 8.04. The van der Waals surface area contributed by atoms with Gasteiger partial charge in [-0.25, -0.2) is 0 Å². The van der Waals surface area contributed by atoms with Gasteiger partial charge in [0.2, 0.25) is 5.91 Å². The maximum absolute atomic E-state index is 12.5. The molecule has 3 rings (SSSR count). The minimum absolute atomic E-state index is 0.0644. The lowest BCUT2D eigenvalue weighted by Crippen LogP contribution is -2.35. The molecule has 2 aromatic rings. The van der Waals surface area contributed by atoms with E-state index in [-0.39, 0.29) is 30.3 Å². The van der Waals surface area contributed by atoms with Gasteiger partial charge >= 0.3 is 0 Å². The summed E-state index contributed by atoms with van der Waals surface area (Å²) in [7, 11) is 0. The third kappa shape index (κ3) is 6.57. The molecule has 1 fully saturated rings. The molecule has 0 aromatic heterocycles. The molecule has 164 valence electrons. The quantitative estimate of drug-likeness (QED) is 0.637. The van der Waals surface area contributed by atoms with E-state index in [2.05, 4.69) is 16.0 Å². The van der Waals surface area contributed by atoms with Gasteiger partial charge < -0.3 is 20.9 Å². The first-order valence-corrected chi connectivity index (χ1v) is 10.8. The number of carbonyl (C=O) groups is 3. The van der Waals surface area contributed by atoms with E-state index in [1.165, 1.54) is 6.42 Å². The van der Waals surface area contributed by atoms with Crippen molar-refractivity contribution in [2.24, 2.45) is 0 Å². The van der Waals surface area contributed by atoms with Crippen molar-refractivity contribution in [3.05, 3.63) is 59.7 Å². The highest BCUT2D eigenvalue weighted by Gasteiger charge is 2.17. The van der Waals surface area contributed by atoms with Gasteiger partial charge in [0, 0.05) is 41.6 Å². The summed E-state index contributed by atoms with van der Waals surface area (Å²) in [6.45, 7) is 5.54. The third-order valence-electron chi connectivity index (χ3n) is 5.08. The summed E-state index contributed by atoms with van der Waals surface area (Å²) in [5.74, 6) is -0.279. The molecule has 3 N–H and O–H groups in total. The molecule has 0 spiro atoms. The first kappa shape index (κ1) is 22.3. The van der Waals surface area contributed by atoms with Gasteiger partial charge in [0.05, 0.1) is 6.54 Å². The first-order valence-electron chi connectivity index (χ1n) is 10.8. The molecule has 31 heavy (non-hydrogen) atoms. The Morgan fingerprint density at radius 2 is 1.42 bits per heavy atom. The van der Waals surface area contributed by atoms with Crippen molar-refractivity contribution in [1.29, 1.82) is 0 Å². The number of likely N-dealkylation sites (tertiary alicyclic amines) is 1. The van der Waals surface area contributed by atoms with Crippen LogP contribution in [0.4, 0.5) is 11.4 Å². The van der Waals surface area contributed by atoms with E-state index in [0.717, 1.165) is 31.6 Å². The Morgan fingerprint density at radius 1 is 0.839 bits per heavy atom. The lowest BCUT2D eigenvalue weighted by atomic mass is 10.1. The molecule has 3 amide bonds. The summed E-state index contributed by atoms with van der Waals surface area (Å²) >= 11 is 0. The Bertz CT molecular complexity index is 901. The van der Waals surface area contributed by atoms with Gasteiger partial charge in [0.15, 0.2) is 0 Å². The van der Waals surface area contributed by atoms with Crippen LogP contribution in [0.3, 0.4) is 0 Å². The third-order valence-corrected chi connectivity index (χ3v) is 5.08. The number of piperidine rings is 1. The van der Waals surface area contributed by atoms with Crippen LogP contribution in [0, 0.1) is 0 Å². The summed E-state index contributed by atoms with van der Waals surface area (Å²) in [5.41, 5.74) is 2.60. The van der Waals surface area contributed by atoms with E-state index in [1.54, 1.807) is 36.4 Å². The molecule has 7 heteroatoms. The van der Waals surface area contributed by atoms with E-state index in [4.69, 9.17) is 0 Å². The smallest absolute Gasteiger partial charge is 0.253 e. The zero-order valence-electron chi connectivity index (χ0n) is 18.1. The molecule has 2 aromatic carbocycles. The van der Waals surface area contributed by atoms with Crippen molar-refractivity contribution >= 4 is 29.1 Å². The largest absolute Gasteiger partial charge is 0.376 e. The highest BCUT2D eigenvalue weighted by Crippen LogP contribution is 2.16. The van der Waals surface area contributed by atoms with Crippen LogP contribution >= 0.6 is 0 Å². The fourth-order valence-electron chi connectivity index (χ4n) is 3.45. The minimum Gasteiger partial charge on any atom is -0.376 e. The van der Waals surface area contributed by atoms with E-state index >= 15 is 0 Å². The highest BCUT2D eigenvalue weighted by atomic mass is 16.2. The Hall–Kier alpha value is -3.35. The monoisotopic (exact) mass is 422 g/mol. The SMILES string of the molecule is CC(C)NC(=O)c1ccc(NC(=O)CNc2ccc(C(=O)N3CCCCC3)cc2)cc1. The topological polar surface area (TPSA) is 90.5 Å². The summed E-state index contributed by atoms with van der Waals surface area (Å²) in [5, 5.41) is 8.69. The van der Waals surface area contributed by atoms with Gasteiger partial charge in [0.25, 0.3) is 11.8 Å². The summed E-state index contributed by atoms with van der Waals surface area (Å²) in [4.78, 5) is 38.6. The summed E-state index contributed by atoms with van der Waals surface area (Å²) < 4.78 is 0. The van der Waals surface area contributed by atoms with E-state index in [0.29, 0.717) is 16.8 Å². The molecule has 0 aliphatic carbocycles. The number of nitrogens with one attached hydrogen (secondary N) is 3. The Balaban J connectivity index is 1.47. The summed E-state index contributed by atoms with van der Waals surface area (Å²) in [6.07, 6.45) is 3.31. The Morgan fingerprint density at radius 3 is 2.03 bits per heavy atom. The second kappa shape index (κ2) is 10.6. The molecule has 7 nitrogen and oxygen atoms in total. The van der Waals surface area contributed by atoms with Gasteiger partial charge in [-0.15, -0.1) is 0 Å². The number of anilines is 2. The van der Waals surface area contributed by atoms with Gasteiger partial charge in [-0.2, -0.15) is 0 Å². The fraction of sp³-hybridized carbons (Fsp3) is 0.375. The predicted octanol–water partition coefficient (Wildman–Crippen LogP) is 3.50. The zero-order chi connectivity index (χ0) is 22.2. The number of nitrogens with zero attached hydrogens (tertiary/aromatic N) is 1. The molecule has 0 radical (unpaired) electrons. The number of benzene rings is 2. The van der Waals surface area contributed by atoms with Crippen molar-refractivity contribution in [2.45, 2.75) is 39.2 Å². The highest BCUT2D eigenvalue weighted by molar-refractivity contribution is 5.97. The Kier molecular flexibility index (Phi) is 7.65. The molecule has 0 atom stereocenters. The maximum atomic E-state index is 12.5. The average Bonchev–Trinajstić information content (AvgIpc) is 2.78. The number of hydrogen-bond donors (Lipinski definition) is 3. The fourth-order valence-corrected chi connectivity index (χ4v) is 3.45. The summed E-state index contributed by atoms with van der Waals surface area (Å²) in [6, 6.07) is 14.0. The van der Waals surface area contributed by atoms with Gasteiger partial charge in [0.1, 0.15) is 0 Å². The van der Waals surface area contributed by atoms with Crippen LogP contribution in [-0.4, -0.2) is 48.3 Å². The van der Waals surface area contributed by atoms with Crippen LogP contribution in [0.1, 0.15) is 53.8 Å². The van der Waals surface area contributed by atoms with Gasteiger partial charge in [-0.1, -0.05) is 0 Å². The number of rotatable bonds is 7. The molecular formula is C24H30N4O3. The lowest BCUT2D eigenvalue weighted by molar-refractivity contribution is -0.114. The van der Waals surface area contributed by atoms with E-state index in [1.807, 2.05) is 30.9 Å². The normalized spacial score (nSPS) is 13.6. The van der Waals surface area contributed by atoms with Crippen molar-refractivity contribution in [2.75, 3.05) is 30.3 Å². The number of carbonyl (C=O) groups excluding carboxylic acids is 3. The molecular weight excluding hydrogens is 392 g/mol. The van der Waals surface area contributed by atoms with Crippen LogP contribution in [0.2, 0.25) is 0 Å². The standard InChI is InChI=1S/C24H30N4O3/c1-17(2)26-23(30)18-6-12-21(13-7-18)27-22(29)16-25-20-10-8-19(9-11-20)24(31)28-14-4-3-5-15-28/h6-13,17,25H,3-5,14-16H2,1-2H3,(H,26,30)(H,27,29). The number of amides is 3. The van der Waals surface area contributed by atoms with Gasteiger partial charge in [-0.05, 0) is 81.6 Å². The van der Waals surface area contributed by atoms with Crippen LogP contribution in [0.25, 0.3) is 0 Å². The second-order valence-electron chi connectivity index (χ2n) is 8.04. The predicted molar refractivity (Wildman–Crippen MR) is 122 cm³/mol. The maximum Gasteiger partial charge on any atom is 0.253 e. The Labute approximate surface area is 183 Å². The molecule has 0 bridgehead atoms. The van der Waals surface area contributed by atoms with E-state index < -0.39 is 0 Å². The lowest BCUT2D eigenvalue weighted by Gasteiger charge is -2.26. The molecule has 1 heterocycles. The minimum atomic E-state index is -0.201. The van der Waals surface area contributed by atoms with Crippen LogP contribution in [-0.2, 0) is 4.79 Å². The van der Waals surface area contributed by atoms with Crippen LogP contribution < -0.4 is 16.0 Å². The number of hydrogen-bond acceptors (Lipinski definition) is 4. The first-order chi connectivity index (χ1) is 14.9. The van der Waals surface area contributed by atoms with Gasteiger partial charge in [-0.3, -0.25) is 14.4 Å². The molecule has 1 saturated heterocycles. The average molecular weight is 423 g/mol. The zero-order valence-corrected chi connectivity index (χ0v) is 18.1. The van der Waals surface area contributed by atoms with Crippen molar-refractivity contribution in [1.82, 2.24) is 10.2 Å². The van der Waals surface area contributed by atoms with Crippen molar-refractivity contribution in [3.8, 4) is 0 Å². The van der Waals surface area contributed by atoms with Crippen LogP contribution in [0.15, 0.2) is 48.5 Å². The van der Waals surface area contributed by atoms with Crippen molar-refractivity contribution < 1.29 is 14.4 Å². The molecule has 0 saturated carbocycles. The molecule has 1 aliphatic rings. The molecule has 0 unspecified atom stereocenters.